The predicted octanol–water partition coefficient (Wildman–Crippen LogP) is 1.42. The maximum Gasteiger partial charge on any atom is 0.573 e. The summed E-state index contributed by atoms with van der Waals surface area (Å²) in [5.74, 6) is -0.477. The number of sulfonamides is 1. The highest BCUT2D eigenvalue weighted by atomic mass is 32.2. The van der Waals surface area contributed by atoms with E-state index in [4.69, 9.17) is 5.26 Å². The van der Waals surface area contributed by atoms with E-state index in [1.54, 1.807) is 0 Å². The molecule has 0 spiro atoms. The van der Waals surface area contributed by atoms with Gasteiger partial charge in [0.25, 0.3) is 0 Å². The van der Waals surface area contributed by atoms with Crippen molar-refractivity contribution in [1.82, 2.24) is 9.21 Å². The largest absolute Gasteiger partial charge is 0.573 e. The molecule has 0 N–H and O–H groups in total. The van der Waals surface area contributed by atoms with Crippen LogP contribution in [0.25, 0.3) is 0 Å². The number of halogens is 3. The second-order valence-corrected chi connectivity index (χ2v) is 6.80. The fourth-order valence-corrected chi connectivity index (χ4v) is 3.61. The van der Waals surface area contributed by atoms with Gasteiger partial charge in [-0.2, -0.15) is 9.57 Å². The van der Waals surface area contributed by atoms with Gasteiger partial charge in [-0.1, -0.05) is 0 Å². The van der Waals surface area contributed by atoms with Crippen molar-refractivity contribution in [1.29, 1.82) is 5.26 Å². The van der Waals surface area contributed by atoms with Gasteiger partial charge >= 0.3 is 6.36 Å². The van der Waals surface area contributed by atoms with Crippen molar-refractivity contribution in [3.8, 4) is 11.8 Å². The lowest BCUT2D eigenvalue weighted by Gasteiger charge is -2.32. The fraction of sp³-hybridized carbons (Fsp3) is 0.462. The maximum atomic E-state index is 12.4. The van der Waals surface area contributed by atoms with E-state index in [9.17, 15) is 21.6 Å². The summed E-state index contributed by atoms with van der Waals surface area (Å²) in [5, 5.41) is 8.61. The number of rotatable bonds is 4. The van der Waals surface area contributed by atoms with Gasteiger partial charge in [0.05, 0.1) is 17.5 Å². The van der Waals surface area contributed by atoms with Crippen molar-refractivity contribution in [2.45, 2.75) is 11.3 Å². The monoisotopic (exact) mass is 349 g/mol. The van der Waals surface area contributed by atoms with Crippen LogP contribution in [-0.4, -0.2) is 56.7 Å². The van der Waals surface area contributed by atoms with E-state index in [1.807, 2.05) is 11.0 Å². The number of hydrogen-bond acceptors (Lipinski definition) is 5. The third-order valence-electron chi connectivity index (χ3n) is 3.32. The molecule has 1 saturated heterocycles. The van der Waals surface area contributed by atoms with Crippen LogP contribution in [0.4, 0.5) is 13.2 Å². The zero-order valence-corrected chi connectivity index (χ0v) is 12.8. The van der Waals surface area contributed by atoms with Gasteiger partial charge in [0.1, 0.15) is 5.75 Å². The van der Waals surface area contributed by atoms with Gasteiger partial charge in [0.15, 0.2) is 0 Å². The van der Waals surface area contributed by atoms with Gasteiger partial charge in [-0.25, -0.2) is 8.42 Å². The summed E-state index contributed by atoms with van der Waals surface area (Å²) in [6.07, 6.45) is -4.82. The Labute approximate surface area is 131 Å². The van der Waals surface area contributed by atoms with Crippen LogP contribution in [0.5, 0.6) is 5.75 Å². The minimum atomic E-state index is -4.82. The fourth-order valence-electron chi connectivity index (χ4n) is 2.19. The first-order valence-electron chi connectivity index (χ1n) is 6.67. The molecule has 0 aromatic heterocycles. The van der Waals surface area contributed by atoms with Gasteiger partial charge in [0.2, 0.25) is 10.0 Å². The molecule has 1 fully saturated rings. The summed E-state index contributed by atoms with van der Waals surface area (Å²) >= 11 is 0. The standard InChI is InChI=1S/C13H14F3N3O3S/c14-13(15,16)22-11-1-3-12(4-2-11)23(20,21)19-9-7-18(6-5-17)8-10-19/h1-4H,6-10H2. The van der Waals surface area contributed by atoms with E-state index in [2.05, 4.69) is 4.74 Å². The third kappa shape index (κ3) is 4.57. The molecule has 0 aliphatic carbocycles. The average Bonchev–Trinajstić information content (AvgIpc) is 2.47. The normalized spacial score (nSPS) is 17.7. The second kappa shape index (κ2) is 6.74. The van der Waals surface area contributed by atoms with Crippen molar-refractivity contribution < 1.29 is 26.3 Å². The summed E-state index contributed by atoms with van der Waals surface area (Å²) in [4.78, 5) is 1.73. The zero-order chi connectivity index (χ0) is 17.1. The van der Waals surface area contributed by atoms with E-state index < -0.39 is 22.1 Å². The minimum Gasteiger partial charge on any atom is -0.406 e. The third-order valence-corrected chi connectivity index (χ3v) is 5.23. The summed E-state index contributed by atoms with van der Waals surface area (Å²) in [6.45, 7) is 1.55. The molecule has 1 aromatic carbocycles. The van der Waals surface area contributed by atoms with Crippen LogP contribution in [0, 0.1) is 11.3 Å². The first kappa shape index (κ1) is 17.5. The molecule has 23 heavy (non-hydrogen) atoms. The molecule has 0 saturated carbocycles. The first-order chi connectivity index (χ1) is 10.7. The molecule has 0 radical (unpaired) electrons. The molecule has 6 nitrogen and oxygen atoms in total. The van der Waals surface area contributed by atoms with Gasteiger partial charge in [-0.15, -0.1) is 13.2 Å². The molecule has 0 atom stereocenters. The van der Waals surface area contributed by atoms with Crippen LogP contribution in [0.3, 0.4) is 0 Å². The molecular weight excluding hydrogens is 335 g/mol. The van der Waals surface area contributed by atoms with Crippen molar-refractivity contribution in [3.63, 3.8) is 0 Å². The van der Waals surface area contributed by atoms with Crippen LogP contribution < -0.4 is 4.74 Å². The Hall–Kier alpha value is -1.83. The van der Waals surface area contributed by atoms with Crippen LogP contribution in [0.2, 0.25) is 0 Å². The van der Waals surface area contributed by atoms with Crippen molar-refractivity contribution in [2.75, 3.05) is 32.7 Å². The van der Waals surface area contributed by atoms with Crippen LogP contribution in [-0.2, 0) is 10.0 Å². The highest BCUT2D eigenvalue weighted by Crippen LogP contribution is 2.25. The number of ether oxygens (including phenoxy) is 1. The number of hydrogen-bond donors (Lipinski definition) is 0. The maximum absolute atomic E-state index is 12.4. The van der Waals surface area contributed by atoms with Gasteiger partial charge in [0, 0.05) is 26.2 Å². The number of nitrogens with zero attached hydrogens (tertiary/aromatic N) is 3. The van der Waals surface area contributed by atoms with E-state index in [0.29, 0.717) is 13.1 Å². The van der Waals surface area contributed by atoms with Crippen LogP contribution in [0.1, 0.15) is 0 Å². The smallest absolute Gasteiger partial charge is 0.406 e. The van der Waals surface area contributed by atoms with Crippen LogP contribution >= 0.6 is 0 Å². The minimum absolute atomic E-state index is 0.0965. The quantitative estimate of drug-likeness (QED) is 0.769. The molecule has 1 heterocycles. The molecule has 2 rings (SSSR count). The highest BCUT2D eigenvalue weighted by Gasteiger charge is 2.32. The molecule has 126 valence electrons. The van der Waals surface area contributed by atoms with Gasteiger partial charge in [-0.05, 0) is 24.3 Å². The van der Waals surface area contributed by atoms with Gasteiger partial charge < -0.3 is 4.74 Å². The lowest BCUT2D eigenvalue weighted by molar-refractivity contribution is -0.274. The SMILES string of the molecule is N#CCN1CCN(S(=O)(=O)c2ccc(OC(F)(F)F)cc2)CC1. The lowest BCUT2D eigenvalue weighted by atomic mass is 10.3. The number of alkyl halides is 3. The Morgan fingerprint density at radius 2 is 1.70 bits per heavy atom. The van der Waals surface area contributed by atoms with Crippen LogP contribution in [0.15, 0.2) is 29.2 Å². The molecule has 1 aliphatic rings. The molecule has 1 aromatic rings. The summed E-state index contributed by atoms with van der Waals surface area (Å²) in [7, 11) is -3.77. The molecule has 0 amide bonds. The topological polar surface area (TPSA) is 73.6 Å². The number of benzene rings is 1. The molecule has 1 aliphatic heterocycles. The second-order valence-electron chi connectivity index (χ2n) is 4.86. The lowest BCUT2D eigenvalue weighted by Crippen LogP contribution is -2.48. The Morgan fingerprint density at radius 1 is 1.13 bits per heavy atom. The molecule has 0 bridgehead atoms. The van der Waals surface area contributed by atoms with E-state index >= 15 is 0 Å². The van der Waals surface area contributed by atoms with E-state index in [0.717, 1.165) is 24.3 Å². The zero-order valence-electron chi connectivity index (χ0n) is 12.0. The predicted molar refractivity (Wildman–Crippen MR) is 73.9 cm³/mol. The molecule has 0 unspecified atom stereocenters. The summed E-state index contributed by atoms with van der Waals surface area (Å²) in [6, 6.07) is 6.09. The Bertz CT molecular complexity index is 675. The van der Waals surface area contributed by atoms with Crippen molar-refractivity contribution >= 4 is 10.0 Å². The van der Waals surface area contributed by atoms with Crippen molar-refractivity contribution in [2.24, 2.45) is 0 Å². The molecule has 10 heteroatoms. The number of piperazine rings is 1. The molecular formula is C13H14F3N3O3S. The number of nitriles is 1. The first-order valence-corrected chi connectivity index (χ1v) is 8.11. The van der Waals surface area contributed by atoms with Gasteiger partial charge in [-0.3, -0.25) is 4.90 Å². The Morgan fingerprint density at radius 3 is 2.17 bits per heavy atom. The van der Waals surface area contributed by atoms with E-state index in [-0.39, 0.29) is 24.5 Å². The summed E-state index contributed by atoms with van der Waals surface area (Å²) < 4.78 is 66.1. The Kier molecular flexibility index (Phi) is 5.13. The summed E-state index contributed by atoms with van der Waals surface area (Å²) in [5.41, 5.74) is 0. The van der Waals surface area contributed by atoms with E-state index in [1.165, 1.54) is 4.31 Å². The highest BCUT2D eigenvalue weighted by molar-refractivity contribution is 7.89. The Balaban J connectivity index is 2.07. The van der Waals surface area contributed by atoms with Crippen molar-refractivity contribution in [3.05, 3.63) is 24.3 Å². The average molecular weight is 349 g/mol.